The van der Waals surface area contributed by atoms with Gasteiger partial charge in [0.05, 0.1) is 5.56 Å². The van der Waals surface area contributed by atoms with E-state index in [0.29, 0.717) is 10.5 Å². The number of benzene rings is 3. The molecule has 0 fully saturated rings. The number of carboxylic acid groups (broad SMARTS) is 1. The number of thioether (sulfide) groups is 1. The molecule has 0 aliphatic carbocycles. The van der Waals surface area contributed by atoms with Crippen molar-refractivity contribution in [2.75, 3.05) is 0 Å². The summed E-state index contributed by atoms with van der Waals surface area (Å²) in [6, 6.07) is 23.7. The zero-order valence-electron chi connectivity index (χ0n) is 12.7. The summed E-state index contributed by atoms with van der Waals surface area (Å²) < 4.78 is 0. The zero-order chi connectivity index (χ0) is 16.9. The molecular formula is C20H14O3S. The molecule has 3 aromatic rings. The minimum atomic E-state index is -1.04. The lowest BCUT2D eigenvalue weighted by atomic mass is 10.0. The van der Waals surface area contributed by atoms with Crippen LogP contribution in [-0.2, 0) is 0 Å². The van der Waals surface area contributed by atoms with Gasteiger partial charge in [0, 0.05) is 10.5 Å². The number of hydrogen-bond donors (Lipinski definition) is 1. The van der Waals surface area contributed by atoms with Gasteiger partial charge in [0.1, 0.15) is 0 Å². The predicted octanol–water partition coefficient (Wildman–Crippen LogP) is 4.98. The van der Waals surface area contributed by atoms with Crippen molar-refractivity contribution in [2.45, 2.75) is 4.90 Å². The standard InChI is InChI=1S/C20H14O3S/c21-19(22)17-8-4-5-9-18(17)24-20(23)16-12-10-15(11-13-16)14-6-2-1-3-7-14/h1-13H,(H,21,22). The van der Waals surface area contributed by atoms with E-state index in [-0.39, 0.29) is 10.7 Å². The van der Waals surface area contributed by atoms with E-state index < -0.39 is 5.97 Å². The van der Waals surface area contributed by atoms with E-state index in [1.165, 1.54) is 6.07 Å². The minimum absolute atomic E-state index is 0.136. The molecule has 1 N–H and O–H groups in total. The van der Waals surface area contributed by atoms with Crippen molar-refractivity contribution in [3.8, 4) is 11.1 Å². The maximum atomic E-state index is 12.4. The van der Waals surface area contributed by atoms with Crippen LogP contribution in [0.2, 0.25) is 0 Å². The zero-order valence-corrected chi connectivity index (χ0v) is 13.5. The van der Waals surface area contributed by atoms with Crippen LogP contribution in [0.15, 0.2) is 83.8 Å². The molecule has 0 aliphatic heterocycles. The maximum Gasteiger partial charge on any atom is 0.336 e. The monoisotopic (exact) mass is 334 g/mol. The Bertz CT molecular complexity index is 871. The second kappa shape index (κ2) is 7.15. The average Bonchev–Trinajstić information content (AvgIpc) is 2.63. The van der Waals surface area contributed by atoms with E-state index in [9.17, 15) is 14.7 Å². The molecule has 3 rings (SSSR count). The molecule has 4 heteroatoms. The molecule has 0 aliphatic rings. The molecule has 0 bridgehead atoms. The van der Waals surface area contributed by atoms with Gasteiger partial charge in [-0.25, -0.2) is 4.79 Å². The second-order valence-corrected chi connectivity index (χ2v) is 6.15. The fourth-order valence-corrected chi connectivity index (χ4v) is 3.19. The Balaban J connectivity index is 1.80. The Kier molecular flexibility index (Phi) is 4.77. The number of carbonyl (C=O) groups excluding carboxylic acids is 1. The van der Waals surface area contributed by atoms with Crippen LogP contribution in [0.1, 0.15) is 20.7 Å². The molecule has 0 spiro atoms. The molecule has 0 saturated heterocycles. The fourth-order valence-electron chi connectivity index (χ4n) is 2.32. The molecule has 3 nitrogen and oxygen atoms in total. The number of carbonyl (C=O) groups is 2. The molecule has 0 amide bonds. The Morgan fingerprint density at radius 1 is 0.708 bits per heavy atom. The summed E-state index contributed by atoms with van der Waals surface area (Å²) in [6.07, 6.45) is 0. The third-order valence-electron chi connectivity index (χ3n) is 3.55. The largest absolute Gasteiger partial charge is 0.478 e. The van der Waals surface area contributed by atoms with Crippen LogP contribution in [0.3, 0.4) is 0 Å². The first kappa shape index (κ1) is 16.0. The average molecular weight is 334 g/mol. The molecular weight excluding hydrogens is 320 g/mol. The maximum absolute atomic E-state index is 12.4. The minimum Gasteiger partial charge on any atom is -0.478 e. The SMILES string of the molecule is O=C(Sc1ccccc1C(=O)O)c1ccc(-c2ccccc2)cc1. The molecule has 0 radical (unpaired) electrons. The van der Waals surface area contributed by atoms with E-state index in [4.69, 9.17) is 0 Å². The number of rotatable bonds is 4. The highest BCUT2D eigenvalue weighted by Crippen LogP contribution is 2.27. The third-order valence-corrected chi connectivity index (χ3v) is 4.54. The first-order valence-electron chi connectivity index (χ1n) is 7.35. The fraction of sp³-hybridized carbons (Fsp3) is 0. The van der Waals surface area contributed by atoms with Gasteiger partial charge in [-0.15, -0.1) is 0 Å². The van der Waals surface area contributed by atoms with Crippen LogP contribution >= 0.6 is 11.8 Å². The van der Waals surface area contributed by atoms with Gasteiger partial charge < -0.3 is 5.11 Å². The van der Waals surface area contributed by atoms with Gasteiger partial charge in [-0.05, 0) is 47.2 Å². The van der Waals surface area contributed by atoms with Crippen LogP contribution in [-0.4, -0.2) is 16.2 Å². The van der Waals surface area contributed by atoms with Gasteiger partial charge in [0.25, 0.3) is 0 Å². The van der Waals surface area contributed by atoms with Crippen LogP contribution in [0.5, 0.6) is 0 Å². The van der Waals surface area contributed by atoms with E-state index in [2.05, 4.69) is 0 Å². The third kappa shape index (κ3) is 3.55. The molecule has 3 aromatic carbocycles. The lowest BCUT2D eigenvalue weighted by Gasteiger charge is -2.06. The molecule has 0 heterocycles. The molecule has 0 saturated carbocycles. The second-order valence-electron chi connectivity index (χ2n) is 5.13. The Morgan fingerprint density at radius 3 is 1.96 bits per heavy atom. The molecule has 24 heavy (non-hydrogen) atoms. The highest BCUT2D eigenvalue weighted by Gasteiger charge is 2.14. The smallest absolute Gasteiger partial charge is 0.336 e. The van der Waals surface area contributed by atoms with Crippen LogP contribution in [0.4, 0.5) is 0 Å². The summed E-state index contributed by atoms with van der Waals surface area (Å²) in [6.45, 7) is 0. The summed E-state index contributed by atoms with van der Waals surface area (Å²) in [5, 5.41) is 9.01. The Labute approximate surface area is 144 Å². The Morgan fingerprint density at radius 2 is 1.29 bits per heavy atom. The van der Waals surface area contributed by atoms with Gasteiger partial charge in [0.15, 0.2) is 0 Å². The van der Waals surface area contributed by atoms with Crippen molar-refractivity contribution in [2.24, 2.45) is 0 Å². The Hall–Kier alpha value is -2.85. The van der Waals surface area contributed by atoms with Crippen LogP contribution in [0.25, 0.3) is 11.1 Å². The summed E-state index contributed by atoms with van der Waals surface area (Å²) in [5.41, 5.74) is 2.79. The predicted molar refractivity (Wildman–Crippen MR) is 95.5 cm³/mol. The van der Waals surface area contributed by atoms with Crippen molar-refractivity contribution < 1.29 is 14.7 Å². The lowest BCUT2D eigenvalue weighted by molar-refractivity contribution is 0.0693. The first-order chi connectivity index (χ1) is 11.6. The van der Waals surface area contributed by atoms with Crippen molar-refractivity contribution in [1.82, 2.24) is 0 Å². The molecule has 118 valence electrons. The number of carboxylic acids is 1. The van der Waals surface area contributed by atoms with Gasteiger partial charge in [0.2, 0.25) is 5.12 Å². The normalized spacial score (nSPS) is 10.3. The first-order valence-corrected chi connectivity index (χ1v) is 8.17. The van der Waals surface area contributed by atoms with Gasteiger partial charge >= 0.3 is 5.97 Å². The van der Waals surface area contributed by atoms with Crippen molar-refractivity contribution in [1.29, 1.82) is 0 Å². The van der Waals surface area contributed by atoms with Crippen molar-refractivity contribution in [3.05, 3.63) is 90.0 Å². The number of hydrogen-bond acceptors (Lipinski definition) is 3. The highest BCUT2D eigenvalue weighted by molar-refractivity contribution is 8.14. The van der Waals surface area contributed by atoms with E-state index in [0.717, 1.165) is 22.9 Å². The van der Waals surface area contributed by atoms with E-state index in [1.807, 2.05) is 42.5 Å². The summed E-state index contributed by atoms with van der Waals surface area (Å²) in [7, 11) is 0. The van der Waals surface area contributed by atoms with Crippen LogP contribution in [0, 0.1) is 0 Å². The van der Waals surface area contributed by atoms with Crippen molar-refractivity contribution >= 4 is 22.8 Å². The van der Waals surface area contributed by atoms with Crippen molar-refractivity contribution in [3.63, 3.8) is 0 Å². The van der Waals surface area contributed by atoms with Gasteiger partial charge in [-0.3, -0.25) is 4.79 Å². The number of aromatic carboxylic acids is 1. The van der Waals surface area contributed by atoms with Gasteiger partial charge in [-0.1, -0.05) is 54.6 Å². The topological polar surface area (TPSA) is 54.4 Å². The summed E-state index contributed by atoms with van der Waals surface area (Å²) >= 11 is 0.934. The summed E-state index contributed by atoms with van der Waals surface area (Å²) in [4.78, 5) is 24.1. The van der Waals surface area contributed by atoms with Gasteiger partial charge in [-0.2, -0.15) is 0 Å². The van der Waals surface area contributed by atoms with Crippen LogP contribution < -0.4 is 0 Å². The highest BCUT2D eigenvalue weighted by atomic mass is 32.2. The molecule has 0 unspecified atom stereocenters. The molecule has 0 aromatic heterocycles. The lowest BCUT2D eigenvalue weighted by Crippen LogP contribution is -2.00. The summed E-state index contributed by atoms with van der Waals surface area (Å²) in [5.74, 6) is -1.04. The van der Waals surface area contributed by atoms with E-state index in [1.54, 1.807) is 30.3 Å². The molecule has 0 atom stereocenters. The quantitative estimate of drug-likeness (QED) is 0.683. The van der Waals surface area contributed by atoms with E-state index >= 15 is 0 Å².